The smallest absolute Gasteiger partial charge is 0.341 e. The van der Waals surface area contributed by atoms with E-state index < -0.39 is 49.8 Å². The maximum Gasteiger partial charge on any atom is 0.341 e. The number of ether oxygens (including phenoxy) is 2. The summed E-state index contributed by atoms with van der Waals surface area (Å²) in [6, 6.07) is 5.22. The zero-order valence-corrected chi connectivity index (χ0v) is 16.0. The lowest BCUT2D eigenvalue weighted by atomic mass is 9.98. The van der Waals surface area contributed by atoms with Gasteiger partial charge in [-0.25, -0.2) is 18.0 Å². The zero-order chi connectivity index (χ0) is 21.2. The third-order valence-corrected chi connectivity index (χ3v) is 5.29. The van der Waals surface area contributed by atoms with E-state index in [1.54, 1.807) is 0 Å². The normalized spacial score (nSPS) is 12.2. The summed E-state index contributed by atoms with van der Waals surface area (Å²) < 4.78 is 34.1. The van der Waals surface area contributed by atoms with E-state index in [1.807, 2.05) is 0 Å². The van der Waals surface area contributed by atoms with Crippen LogP contribution < -0.4 is 0 Å². The predicted octanol–water partition coefficient (Wildman–Crippen LogP) is 1.51. The fraction of sp³-hybridized carbons (Fsp3) is 0.222. The highest BCUT2D eigenvalue weighted by Crippen LogP contribution is 2.40. The predicted molar refractivity (Wildman–Crippen MR) is 97.2 cm³/mol. The Balaban J connectivity index is 2.82. The molecule has 150 valence electrons. The van der Waals surface area contributed by atoms with E-state index in [0.29, 0.717) is 0 Å². The maximum absolute atomic E-state index is 12.5. The minimum absolute atomic E-state index is 0.0837. The van der Waals surface area contributed by atoms with Crippen molar-refractivity contribution in [1.29, 1.82) is 0 Å². The lowest BCUT2D eigenvalue weighted by Crippen LogP contribution is -2.15. The van der Waals surface area contributed by atoms with Gasteiger partial charge in [-0.3, -0.25) is 0 Å². The van der Waals surface area contributed by atoms with E-state index in [9.17, 15) is 33.3 Å². The molecule has 1 atom stereocenters. The number of hydrogen-bond acceptors (Lipinski definition) is 9. The molecule has 9 nitrogen and oxygen atoms in total. The van der Waals surface area contributed by atoms with Gasteiger partial charge in [0.2, 0.25) is 0 Å². The Bertz CT molecular complexity index is 1040. The van der Waals surface area contributed by atoms with Gasteiger partial charge >= 0.3 is 11.9 Å². The number of carbonyl (C=O) groups is 2. The van der Waals surface area contributed by atoms with Crippen LogP contribution in [0.4, 0.5) is 0 Å². The molecule has 0 fully saturated rings. The molecule has 2 aromatic rings. The van der Waals surface area contributed by atoms with Gasteiger partial charge in [-0.2, -0.15) is 0 Å². The Morgan fingerprint density at radius 1 is 0.893 bits per heavy atom. The van der Waals surface area contributed by atoms with E-state index in [-0.39, 0.29) is 16.7 Å². The second-order valence-corrected chi connectivity index (χ2v) is 8.07. The van der Waals surface area contributed by atoms with Crippen LogP contribution in [-0.4, -0.2) is 56.2 Å². The number of hydrogen-bond donors (Lipinski definition) is 3. The van der Waals surface area contributed by atoms with Crippen molar-refractivity contribution in [2.45, 2.75) is 5.25 Å². The van der Waals surface area contributed by atoms with Crippen LogP contribution in [0.1, 0.15) is 37.1 Å². The van der Waals surface area contributed by atoms with Gasteiger partial charge in [-0.15, -0.1) is 0 Å². The molecule has 0 aliphatic heterocycles. The SMILES string of the molecule is COC(=O)c1cc(O)cc(C(c2cc(O)cc(C(=O)OC)c2O)S(C)(=O)=O)c1. The van der Waals surface area contributed by atoms with Crippen LogP contribution in [0.5, 0.6) is 17.2 Å². The third kappa shape index (κ3) is 4.17. The molecule has 2 rings (SSSR count). The van der Waals surface area contributed by atoms with E-state index in [1.165, 1.54) is 6.07 Å². The summed E-state index contributed by atoms with van der Waals surface area (Å²) in [6.45, 7) is 0. The standard InChI is InChI=1S/C18H18O9S/c1-26-17(22)10-4-9(5-11(19)6-10)16(28(3,24)25)13-7-12(20)8-14(15(13)21)18(23)27-2/h4-8,16,19-21H,1-3H3. The second-order valence-electron chi connectivity index (χ2n) is 5.94. The van der Waals surface area contributed by atoms with Gasteiger partial charge in [-0.05, 0) is 35.9 Å². The molecule has 0 spiro atoms. The van der Waals surface area contributed by atoms with Gasteiger partial charge in [0.1, 0.15) is 28.1 Å². The van der Waals surface area contributed by atoms with Crippen molar-refractivity contribution in [1.82, 2.24) is 0 Å². The summed E-state index contributed by atoms with van der Waals surface area (Å²) in [4.78, 5) is 23.6. The highest BCUT2D eigenvalue weighted by atomic mass is 32.2. The second kappa shape index (κ2) is 7.77. The average molecular weight is 410 g/mol. The van der Waals surface area contributed by atoms with Crippen molar-refractivity contribution in [2.75, 3.05) is 20.5 Å². The molecule has 0 amide bonds. The molecule has 0 heterocycles. The number of rotatable bonds is 5. The van der Waals surface area contributed by atoms with Crippen LogP contribution in [-0.2, 0) is 19.3 Å². The molecule has 3 N–H and O–H groups in total. The first-order valence-corrected chi connectivity index (χ1v) is 9.70. The van der Waals surface area contributed by atoms with Crippen LogP contribution in [0.3, 0.4) is 0 Å². The Labute approximate surface area is 160 Å². The molecular formula is C18H18O9S. The molecule has 0 aliphatic carbocycles. The lowest BCUT2D eigenvalue weighted by molar-refractivity contribution is 0.0589. The molecule has 0 saturated carbocycles. The Morgan fingerprint density at radius 2 is 1.46 bits per heavy atom. The molecule has 0 saturated heterocycles. The first-order chi connectivity index (χ1) is 13.0. The van der Waals surface area contributed by atoms with E-state index in [4.69, 9.17) is 0 Å². The Hall–Kier alpha value is -3.27. The summed E-state index contributed by atoms with van der Waals surface area (Å²) in [5.74, 6) is -3.44. The number of carbonyl (C=O) groups excluding carboxylic acids is 2. The first kappa shape index (κ1) is 21.0. The molecule has 0 bridgehead atoms. The highest BCUT2D eigenvalue weighted by Gasteiger charge is 2.32. The molecule has 2 aromatic carbocycles. The third-order valence-electron chi connectivity index (χ3n) is 3.90. The van der Waals surface area contributed by atoms with Crippen molar-refractivity contribution in [3.63, 3.8) is 0 Å². The minimum atomic E-state index is -4.01. The van der Waals surface area contributed by atoms with E-state index in [0.717, 1.165) is 44.7 Å². The van der Waals surface area contributed by atoms with Crippen LogP contribution in [0.2, 0.25) is 0 Å². The van der Waals surface area contributed by atoms with Crippen molar-refractivity contribution >= 4 is 21.8 Å². The number of phenols is 3. The van der Waals surface area contributed by atoms with Crippen LogP contribution in [0.15, 0.2) is 30.3 Å². The molecule has 1 unspecified atom stereocenters. The molecule has 10 heteroatoms. The number of methoxy groups -OCH3 is 2. The topological polar surface area (TPSA) is 147 Å². The maximum atomic E-state index is 12.5. The summed E-state index contributed by atoms with van der Waals surface area (Å²) in [7, 11) is -1.84. The van der Waals surface area contributed by atoms with Gasteiger partial charge in [0.15, 0.2) is 9.84 Å². The van der Waals surface area contributed by atoms with Gasteiger partial charge in [-0.1, -0.05) is 0 Å². The van der Waals surface area contributed by atoms with Crippen molar-refractivity contribution in [3.05, 3.63) is 52.6 Å². The number of sulfone groups is 1. The van der Waals surface area contributed by atoms with Gasteiger partial charge in [0.25, 0.3) is 0 Å². The van der Waals surface area contributed by atoms with Gasteiger partial charge < -0.3 is 24.8 Å². The monoisotopic (exact) mass is 410 g/mol. The summed E-state index contributed by atoms with van der Waals surface area (Å²) >= 11 is 0. The van der Waals surface area contributed by atoms with Gasteiger partial charge in [0, 0.05) is 11.8 Å². The fourth-order valence-electron chi connectivity index (χ4n) is 2.79. The molecule has 28 heavy (non-hydrogen) atoms. The van der Waals surface area contributed by atoms with Crippen LogP contribution >= 0.6 is 0 Å². The number of esters is 2. The summed E-state index contributed by atoms with van der Waals surface area (Å²) in [5, 5.41) is 28.7. The number of phenolic OH excluding ortho intramolecular Hbond substituents is 3. The molecule has 0 radical (unpaired) electrons. The Morgan fingerprint density at radius 3 is 2.00 bits per heavy atom. The minimum Gasteiger partial charge on any atom is -0.508 e. The highest BCUT2D eigenvalue weighted by molar-refractivity contribution is 7.91. The average Bonchev–Trinajstić information content (AvgIpc) is 2.61. The van der Waals surface area contributed by atoms with Gasteiger partial charge in [0.05, 0.1) is 19.8 Å². The largest absolute Gasteiger partial charge is 0.508 e. The summed E-state index contributed by atoms with van der Waals surface area (Å²) in [5.41, 5.74) is -0.984. The quantitative estimate of drug-likeness (QED) is 0.493. The van der Waals surface area contributed by atoms with Crippen molar-refractivity contribution < 1.29 is 42.8 Å². The lowest BCUT2D eigenvalue weighted by Gasteiger charge is -2.20. The van der Waals surface area contributed by atoms with Crippen LogP contribution in [0, 0.1) is 0 Å². The van der Waals surface area contributed by atoms with Crippen molar-refractivity contribution in [2.24, 2.45) is 0 Å². The number of aromatic hydroxyl groups is 3. The first-order valence-electron chi connectivity index (χ1n) is 7.75. The Kier molecular flexibility index (Phi) is 5.84. The summed E-state index contributed by atoms with van der Waals surface area (Å²) in [6.07, 6.45) is 0.862. The fourth-order valence-corrected chi connectivity index (χ4v) is 4.06. The number of benzene rings is 2. The van der Waals surface area contributed by atoms with E-state index >= 15 is 0 Å². The molecule has 0 aliphatic rings. The van der Waals surface area contributed by atoms with Crippen molar-refractivity contribution in [3.8, 4) is 17.2 Å². The molecular weight excluding hydrogens is 392 g/mol. The van der Waals surface area contributed by atoms with Crippen LogP contribution in [0.25, 0.3) is 0 Å². The zero-order valence-electron chi connectivity index (χ0n) is 15.2. The molecule has 0 aromatic heterocycles. The van der Waals surface area contributed by atoms with E-state index in [2.05, 4.69) is 9.47 Å².